The first kappa shape index (κ1) is 11.4. The van der Waals surface area contributed by atoms with Gasteiger partial charge in [-0.15, -0.1) is 0 Å². The highest BCUT2D eigenvalue weighted by molar-refractivity contribution is 5.56. The number of nitrogens with zero attached hydrogens (tertiary/aromatic N) is 3. The Morgan fingerprint density at radius 2 is 1.89 bits per heavy atom. The van der Waals surface area contributed by atoms with Crippen LogP contribution < -0.4 is 0 Å². The smallest absolute Gasteiger partial charge is 0.113 e. The number of rotatable bonds is 2. The lowest BCUT2D eigenvalue weighted by Crippen LogP contribution is -2.29. The van der Waals surface area contributed by atoms with Crippen molar-refractivity contribution in [2.75, 3.05) is 0 Å². The first-order chi connectivity index (χ1) is 8.84. The van der Waals surface area contributed by atoms with Gasteiger partial charge in [-0.1, -0.05) is 43.2 Å². The van der Waals surface area contributed by atoms with Crippen LogP contribution in [0.2, 0.25) is 0 Å². The molecule has 1 fully saturated rings. The van der Waals surface area contributed by atoms with Gasteiger partial charge in [-0.05, 0) is 12.8 Å². The minimum atomic E-state index is -0.310. The van der Waals surface area contributed by atoms with Crippen molar-refractivity contribution < 1.29 is 5.11 Å². The maximum atomic E-state index is 10.0. The van der Waals surface area contributed by atoms with Gasteiger partial charge >= 0.3 is 0 Å². The molecule has 18 heavy (non-hydrogen) atoms. The number of aliphatic hydroxyl groups excluding tert-OH is 1. The molecule has 2 atom stereocenters. The normalized spacial score (nSPS) is 24.1. The van der Waals surface area contributed by atoms with Gasteiger partial charge in [0.05, 0.1) is 18.3 Å². The van der Waals surface area contributed by atoms with Crippen LogP contribution in [0.3, 0.4) is 0 Å². The second-order valence-corrected chi connectivity index (χ2v) is 4.84. The highest BCUT2D eigenvalue weighted by Crippen LogP contribution is 2.28. The van der Waals surface area contributed by atoms with E-state index < -0.39 is 0 Å². The molecule has 94 valence electrons. The molecular weight excluding hydrogens is 226 g/mol. The van der Waals surface area contributed by atoms with E-state index in [1.807, 2.05) is 30.3 Å². The fraction of sp³-hybridized carbons (Fsp3) is 0.429. The molecule has 0 amide bonds. The summed E-state index contributed by atoms with van der Waals surface area (Å²) < 4.78 is 0. The largest absolute Gasteiger partial charge is 0.391 e. The Kier molecular flexibility index (Phi) is 3.11. The summed E-state index contributed by atoms with van der Waals surface area (Å²) in [5, 5.41) is 18.8. The fourth-order valence-corrected chi connectivity index (χ4v) is 2.54. The summed E-state index contributed by atoms with van der Waals surface area (Å²) in [5.41, 5.74) is 1.93. The van der Waals surface area contributed by atoms with Gasteiger partial charge in [-0.3, -0.25) is 0 Å². The van der Waals surface area contributed by atoms with Gasteiger partial charge in [0, 0.05) is 5.56 Å². The lowest BCUT2D eigenvalue weighted by Gasteiger charge is -2.26. The van der Waals surface area contributed by atoms with Crippen molar-refractivity contribution in [3.05, 3.63) is 36.5 Å². The number of benzene rings is 1. The average Bonchev–Trinajstić information content (AvgIpc) is 2.90. The molecule has 1 aromatic carbocycles. The Labute approximate surface area is 106 Å². The maximum Gasteiger partial charge on any atom is 0.113 e. The van der Waals surface area contributed by atoms with Crippen LogP contribution in [0.5, 0.6) is 0 Å². The van der Waals surface area contributed by atoms with Crippen LogP contribution in [0.1, 0.15) is 31.7 Å². The van der Waals surface area contributed by atoms with E-state index in [0.717, 1.165) is 36.9 Å². The molecule has 1 saturated carbocycles. The second kappa shape index (κ2) is 4.90. The zero-order valence-electron chi connectivity index (χ0n) is 10.2. The van der Waals surface area contributed by atoms with Crippen LogP contribution in [0, 0.1) is 0 Å². The van der Waals surface area contributed by atoms with Crippen LogP contribution in [0.4, 0.5) is 0 Å². The topological polar surface area (TPSA) is 50.9 Å². The molecular formula is C14H17N3O. The van der Waals surface area contributed by atoms with Gasteiger partial charge in [0.25, 0.3) is 0 Å². The maximum absolute atomic E-state index is 10.0. The van der Waals surface area contributed by atoms with E-state index in [4.69, 9.17) is 0 Å². The van der Waals surface area contributed by atoms with E-state index in [1.54, 1.807) is 11.0 Å². The van der Waals surface area contributed by atoms with Crippen molar-refractivity contribution in [1.29, 1.82) is 0 Å². The summed E-state index contributed by atoms with van der Waals surface area (Å²) in [4.78, 5) is 1.69. The fourth-order valence-electron chi connectivity index (χ4n) is 2.54. The minimum Gasteiger partial charge on any atom is -0.391 e. The van der Waals surface area contributed by atoms with Gasteiger partial charge < -0.3 is 5.11 Å². The quantitative estimate of drug-likeness (QED) is 0.881. The van der Waals surface area contributed by atoms with Crippen LogP contribution in [-0.4, -0.2) is 26.2 Å². The van der Waals surface area contributed by atoms with E-state index in [0.29, 0.717) is 0 Å². The Bertz CT molecular complexity index is 509. The zero-order valence-corrected chi connectivity index (χ0v) is 10.2. The lowest BCUT2D eigenvalue weighted by molar-refractivity contribution is 0.0623. The average molecular weight is 243 g/mol. The highest BCUT2D eigenvalue weighted by Gasteiger charge is 2.26. The monoisotopic (exact) mass is 243 g/mol. The zero-order chi connectivity index (χ0) is 12.4. The van der Waals surface area contributed by atoms with Gasteiger partial charge in [0.15, 0.2) is 0 Å². The third-order valence-electron chi connectivity index (χ3n) is 3.57. The molecule has 0 unspecified atom stereocenters. The molecule has 1 aromatic heterocycles. The Morgan fingerprint density at radius 1 is 1.11 bits per heavy atom. The molecule has 1 N–H and O–H groups in total. The molecule has 0 spiro atoms. The summed E-state index contributed by atoms with van der Waals surface area (Å²) in [5.74, 6) is 0. The van der Waals surface area contributed by atoms with Crippen LogP contribution in [0.25, 0.3) is 11.3 Å². The number of aromatic nitrogens is 3. The number of hydrogen-bond acceptors (Lipinski definition) is 3. The molecule has 1 aliphatic rings. The third kappa shape index (κ3) is 2.16. The molecule has 0 aliphatic heterocycles. The Hall–Kier alpha value is -1.68. The Morgan fingerprint density at radius 3 is 2.67 bits per heavy atom. The predicted octanol–water partition coefficient (Wildman–Crippen LogP) is 2.42. The standard InChI is InChI=1S/C14H17N3O/c18-14-9-5-4-8-13(14)17-15-10-12(16-17)11-6-2-1-3-7-11/h1-3,6-7,10,13-14,18H,4-5,8-9H2/t13-,14-/m0/s1. The van der Waals surface area contributed by atoms with Crippen LogP contribution >= 0.6 is 0 Å². The highest BCUT2D eigenvalue weighted by atomic mass is 16.3. The molecule has 2 aromatic rings. The third-order valence-corrected chi connectivity index (χ3v) is 3.57. The van der Waals surface area contributed by atoms with Gasteiger partial charge in [0.2, 0.25) is 0 Å². The molecule has 4 heteroatoms. The van der Waals surface area contributed by atoms with Crippen LogP contribution in [-0.2, 0) is 0 Å². The SMILES string of the molecule is O[C@H]1CCCC[C@@H]1n1ncc(-c2ccccc2)n1. The van der Waals surface area contributed by atoms with E-state index in [-0.39, 0.29) is 12.1 Å². The van der Waals surface area contributed by atoms with E-state index in [1.165, 1.54) is 0 Å². The molecule has 0 radical (unpaired) electrons. The summed E-state index contributed by atoms with van der Waals surface area (Å²) in [6.45, 7) is 0. The van der Waals surface area contributed by atoms with Crippen molar-refractivity contribution in [2.24, 2.45) is 0 Å². The number of aliphatic hydroxyl groups is 1. The van der Waals surface area contributed by atoms with E-state index in [9.17, 15) is 5.11 Å². The van der Waals surface area contributed by atoms with Gasteiger partial charge in [-0.25, -0.2) is 0 Å². The number of hydrogen-bond donors (Lipinski definition) is 1. The molecule has 1 heterocycles. The van der Waals surface area contributed by atoms with Gasteiger partial charge in [0.1, 0.15) is 5.69 Å². The first-order valence-electron chi connectivity index (χ1n) is 6.50. The predicted molar refractivity (Wildman–Crippen MR) is 69.0 cm³/mol. The second-order valence-electron chi connectivity index (χ2n) is 4.84. The van der Waals surface area contributed by atoms with Gasteiger partial charge in [-0.2, -0.15) is 15.0 Å². The minimum absolute atomic E-state index is 0.0382. The van der Waals surface area contributed by atoms with Crippen molar-refractivity contribution in [2.45, 2.75) is 37.8 Å². The Balaban J connectivity index is 1.85. The first-order valence-corrected chi connectivity index (χ1v) is 6.50. The van der Waals surface area contributed by atoms with Crippen molar-refractivity contribution in [3.63, 3.8) is 0 Å². The van der Waals surface area contributed by atoms with E-state index >= 15 is 0 Å². The summed E-state index contributed by atoms with van der Waals surface area (Å²) in [6.07, 6.45) is 5.52. The summed E-state index contributed by atoms with van der Waals surface area (Å²) in [7, 11) is 0. The van der Waals surface area contributed by atoms with E-state index in [2.05, 4.69) is 10.2 Å². The molecule has 0 saturated heterocycles. The summed E-state index contributed by atoms with van der Waals surface area (Å²) >= 11 is 0. The van der Waals surface area contributed by atoms with Crippen molar-refractivity contribution in [3.8, 4) is 11.3 Å². The van der Waals surface area contributed by atoms with Crippen LogP contribution in [0.15, 0.2) is 36.5 Å². The molecule has 1 aliphatic carbocycles. The summed E-state index contributed by atoms with van der Waals surface area (Å²) in [6, 6.07) is 10.0. The molecule has 4 nitrogen and oxygen atoms in total. The van der Waals surface area contributed by atoms with Crippen molar-refractivity contribution in [1.82, 2.24) is 15.0 Å². The molecule has 0 bridgehead atoms. The van der Waals surface area contributed by atoms with Crippen molar-refractivity contribution >= 4 is 0 Å². The molecule has 3 rings (SSSR count). The lowest BCUT2D eigenvalue weighted by atomic mass is 9.93.